The van der Waals surface area contributed by atoms with Crippen LogP contribution in [0, 0.1) is 0 Å². The minimum atomic E-state index is -3.55. The van der Waals surface area contributed by atoms with Crippen LogP contribution >= 0.6 is 11.3 Å². The Bertz CT molecular complexity index is 975. The van der Waals surface area contributed by atoms with Gasteiger partial charge in [-0.3, -0.25) is 4.79 Å². The van der Waals surface area contributed by atoms with E-state index in [1.807, 2.05) is 42.5 Å². The molecule has 128 valence electrons. The van der Waals surface area contributed by atoms with Crippen molar-refractivity contribution in [2.24, 2.45) is 0 Å². The number of ketones is 1. The van der Waals surface area contributed by atoms with E-state index in [1.54, 1.807) is 24.3 Å². The van der Waals surface area contributed by atoms with Crippen molar-refractivity contribution in [1.29, 1.82) is 0 Å². The van der Waals surface area contributed by atoms with Gasteiger partial charge in [-0.1, -0.05) is 54.6 Å². The molecule has 1 heterocycles. The Balaban J connectivity index is 1.76. The summed E-state index contributed by atoms with van der Waals surface area (Å²) in [5.74, 6) is 0.00566. The molecular formula is C19H17NO3S2. The highest BCUT2D eigenvalue weighted by Crippen LogP contribution is 2.31. The standard InChI is InChI=1S/C19H17NO3S2/c1-14(21)16-7-9-17(10-8-16)18-11-12-19(24-18)25(22,23)20-13-15-5-3-2-4-6-15/h2-12,20H,13H2,1H3. The summed E-state index contributed by atoms with van der Waals surface area (Å²) in [7, 11) is -3.55. The molecule has 3 aromatic rings. The highest BCUT2D eigenvalue weighted by atomic mass is 32.2. The van der Waals surface area contributed by atoms with E-state index in [-0.39, 0.29) is 16.5 Å². The van der Waals surface area contributed by atoms with E-state index in [0.29, 0.717) is 5.56 Å². The smallest absolute Gasteiger partial charge is 0.250 e. The summed E-state index contributed by atoms with van der Waals surface area (Å²) in [5.41, 5.74) is 2.43. The second kappa shape index (κ2) is 7.31. The van der Waals surface area contributed by atoms with Crippen LogP contribution in [0.5, 0.6) is 0 Å². The molecule has 3 rings (SSSR count). The van der Waals surface area contributed by atoms with Crippen LogP contribution in [0.3, 0.4) is 0 Å². The van der Waals surface area contributed by atoms with Crippen molar-refractivity contribution in [2.75, 3.05) is 0 Å². The summed E-state index contributed by atoms with van der Waals surface area (Å²) < 4.78 is 27.8. The fourth-order valence-electron chi connectivity index (χ4n) is 2.33. The molecule has 4 nitrogen and oxygen atoms in total. The lowest BCUT2D eigenvalue weighted by molar-refractivity contribution is 0.101. The number of hydrogen-bond acceptors (Lipinski definition) is 4. The van der Waals surface area contributed by atoms with Crippen LogP contribution in [0.15, 0.2) is 70.9 Å². The summed E-state index contributed by atoms with van der Waals surface area (Å²) in [6.45, 7) is 1.77. The Kier molecular flexibility index (Phi) is 5.13. The van der Waals surface area contributed by atoms with Gasteiger partial charge in [0, 0.05) is 17.0 Å². The predicted molar refractivity (Wildman–Crippen MR) is 100 cm³/mol. The molecule has 1 N–H and O–H groups in total. The first-order chi connectivity index (χ1) is 12.0. The molecule has 0 amide bonds. The van der Waals surface area contributed by atoms with Gasteiger partial charge in [0.2, 0.25) is 10.0 Å². The number of benzene rings is 2. The van der Waals surface area contributed by atoms with Crippen LogP contribution in [-0.4, -0.2) is 14.2 Å². The third-order valence-corrected chi connectivity index (χ3v) is 6.76. The topological polar surface area (TPSA) is 63.2 Å². The second-order valence-electron chi connectivity index (χ2n) is 5.56. The fourth-order valence-corrected chi connectivity index (χ4v) is 4.71. The van der Waals surface area contributed by atoms with Crippen LogP contribution in [0.2, 0.25) is 0 Å². The van der Waals surface area contributed by atoms with Crippen molar-refractivity contribution in [3.8, 4) is 10.4 Å². The minimum Gasteiger partial charge on any atom is -0.295 e. The fraction of sp³-hybridized carbons (Fsp3) is 0.105. The molecule has 0 atom stereocenters. The van der Waals surface area contributed by atoms with Gasteiger partial charge < -0.3 is 0 Å². The molecule has 0 aliphatic carbocycles. The lowest BCUT2D eigenvalue weighted by Crippen LogP contribution is -2.22. The zero-order chi connectivity index (χ0) is 17.9. The normalized spacial score (nSPS) is 11.4. The molecular weight excluding hydrogens is 354 g/mol. The maximum atomic E-state index is 12.4. The summed E-state index contributed by atoms with van der Waals surface area (Å²) in [6, 6.07) is 19.9. The third-order valence-electron chi connectivity index (χ3n) is 3.73. The van der Waals surface area contributed by atoms with Crippen LogP contribution < -0.4 is 4.72 Å². The zero-order valence-corrected chi connectivity index (χ0v) is 15.2. The van der Waals surface area contributed by atoms with Crippen molar-refractivity contribution >= 4 is 27.1 Å². The van der Waals surface area contributed by atoms with Crippen molar-refractivity contribution < 1.29 is 13.2 Å². The lowest BCUT2D eigenvalue weighted by atomic mass is 10.1. The van der Waals surface area contributed by atoms with Gasteiger partial charge >= 0.3 is 0 Å². The quantitative estimate of drug-likeness (QED) is 0.664. The van der Waals surface area contributed by atoms with Gasteiger partial charge in [-0.05, 0) is 30.2 Å². The van der Waals surface area contributed by atoms with Gasteiger partial charge in [-0.25, -0.2) is 13.1 Å². The number of nitrogens with one attached hydrogen (secondary N) is 1. The van der Waals surface area contributed by atoms with E-state index in [9.17, 15) is 13.2 Å². The predicted octanol–water partition coefficient (Wildman–Crippen LogP) is 4.10. The summed E-state index contributed by atoms with van der Waals surface area (Å²) in [6.07, 6.45) is 0. The van der Waals surface area contributed by atoms with Gasteiger partial charge in [0.15, 0.2) is 5.78 Å². The number of carbonyl (C=O) groups excluding carboxylic acids is 1. The molecule has 0 bridgehead atoms. The highest BCUT2D eigenvalue weighted by Gasteiger charge is 2.17. The van der Waals surface area contributed by atoms with E-state index < -0.39 is 10.0 Å². The van der Waals surface area contributed by atoms with Gasteiger partial charge in [-0.2, -0.15) is 0 Å². The first kappa shape index (κ1) is 17.5. The number of thiophene rings is 1. The molecule has 0 radical (unpaired) electrons. The van der Waals surface area contributed by atoms with Crippen LogP contribution in [-0.2, 0) is 16.6 Å². The van der Waals surface area contributed by atoms with Crippen molar-refractivity contribution in [3.05, 3.63) is 77.9 Å². The van der Waals surface area contributed by atoms with Crippen molar-refractivity contribution in [2.45, 2.75) is 17.7 Å². The van der Waals surface area contributed by atoms with Gasteiger partial charge in [-0.15, -0.1) is 11.3 Å². The van der Waals surface area contributed by atoms with Crippen molar-refractivity contribution in [1.82, 2.24) is 4.72 Å². The van der Waals surface area contributed by atoms with Crippen LogP contribution in [0.4, 0.5) is 0 Å². The molecule has 0 aliphatic heterocycles. The first-order valence-electron chi connectivity index (χ1n) is 7.70. The Hall–Kier alpha value is -2.28. The molecule has 0 saturated heterocycles. The van der Waals surface area contributed by atoms with Crippen LogP contribution in [0.25, 0.3) is 10.4 Å². The largest absolute Gasteiger partial charge is 0.295 e. The third kappa shape index (κ3) is 4.22. The molecule has 25 heavy (non-hydrogen) atoms. The summed E-state index contributed by atoms with van der Waals surface area (Å²) in [5, 5.41) is 0. The van der Waals surface area contributed by atoms with Crippen molar-refractivity contribution in [3.63, 3.8) is 0 Å². The molecule has 2 aromatic carbocycles. The van der Waals surface area contributed by atoms with E-state index in [0.717, 1.165) is 16.0 Å². The number of rotatable bonds is 6. The Morgan fingerprint density at radius 2 is 1.64 bits per heavy atom. The molecule has 0 spiro atoms. The molecule has 1 aromatic heterocycles. The van der Waals surface area contributed by atoms with E-state index >= 15 is 0 Å². The van der Waals surface area contributed by atoms with Gasteiger partial charge in [0.25, 0.3) is 0 Å². The van der Waals surface area contributed by atoms with Gasteiger partial charge in [0.1, 0.15) is 4.21 Å². The highest BCUT2D eigenvalue weighted by molar-refractivity contribution is 7.91. The molecule has 0 fully saturated rings. The maximum absolute atomic E-state index is 12.4. The monoisotopic (exact) mass is 371 g/mol. The zero-order valence-electron chi connectivity index (χ0n) is 13.6. The Morgan fingerprint density at radius 1 is 0.960 bits per heavy atom. The first-order valence-corrected chi connectivity index (χ1v) is 10.0. The van der Waals surface area contributed by atoms with Crippen LogP contribution in [0.1, 0.15) is 22.8 Å². The summed E-state index contributed by atoms with van der Waals surface area (Å²) in [4.78, 5) is 12.2. The number of hydrogen-bond donors (Lipinski definition) is 1. The number of sulfonamides is 1. The lowest BCUT2D eigenvalue weighted by Gasteiger charge is -2.04. The SMILES string of the molecule is CC(=O)c1ccc(-c2ccc(S(=O)(=O)NCc3ccccc3)s2)cc1. The Morgan fingerprint density at radius 3 is 2.28 bits per heavy atom. The Labute approximate surface area is 151 Å². The van der Waals surface area contributed by atoms with E-state index in [2.05, 4.69) is 4.72 Å². The average Bonchev–Trinajstić information content (AvgIpc) is 3.12. The average molecular weight is 371 g/mol. The molecule has 0 unspecified atom stereocenters. The number of Topliss-reactive ketones (excluding diaryl/α,β-unsaturated/α-hetero) is 1. The molecule has 0 aliphatic rings. The van der Waals surface area contributed by atoms with Gasteiger partial charge in [0.05, 0.1) is 0 Å². The summed E-state index contributed by atoms with van der Waals surface area (Å²) >= 11 is 1.21. The molecule has 0 saturated carbocycles. The van der Waals surface area contributed by atoms with E-state index in [1.165, 1.54) is 18.3 Å². The maximum Gasteiger partial charge on any atom is 0.250 e. The minimum absolute atomic E-state index is 0.00566. The second-order valence-corrected chi connectivity index (χ2v) is 8.64. The number of carbonyl (C=O) groups is 1. The molecule has 6 heteroatoms. The van der Waals surface area contributed by atoms with E-state index in [4.69, 9.17) is 0 Å².